The zero-order chi connectivity index (χ0) is 11.1. The molecule has 0 aromatic carbocycles. The van der Waals surface area contributed by atoms with E-state index in [1.807, 2.05) is 0 Å². The molecule has 7 heteroatoms. The average molecular weight is 227 g/mol. The quantitative estimate of drug-likeness (QED) is 0.596. The second-order valence-electron chi connectivity index (χ2n) is 2.94. The maximum absolute atomic E-state index is 12.8. The Morgan fingerprint density at radius 2 is 2.20 bits per heavy atom. The van der Waals surface area contributed by atoms with Crippen LogP contribution in [-0.2, 0) is 10.0 Å². The lowest BCUT2D eigenvalue weighted by Gasteiger charge is -1.93. The van der Waals surface area contributed by atoms with Crippen LogP contribution in [0.5, 0.6) is 0 Å². The molecule has 0 radical (unpaired) electrons. The highest BCUT2D eigenvalue weighted by Gasteiger charge is 2.10. The second kappa shape index (κ2) is 3.15. The van der Waals surface area contributed by atoms with Crippen LogP contribution in [-0.4, -0.2) is 29.1 Å². The summed E-state index contributed by atoms with van der Waals surface area (Å²) in [5.41, 5.74) is 2.51. The van der Waals surface area contributed by atoms with Crippen LogP contribution in [0.25, 0.3) is 11.8 Å². The van der Waals surface area contributed by atoms with Crippen LogP contribution < -0.4 is 10.7 Å². The first-order chi connectivity index (χ1) is 6.98. The van der Waals surface area contributed by atoms with Gasteiger partial charge in [0.05, 0.1) is 6.26 Å². The first-order valence-electron chi connectivity index (χ1n) is 3.95. The van der Waals surface area contributed by atoms with Crippen LogP contribution in [0.3, 0.4) is 0 Å². The Morgan fingerprint density at radius 3 is 2.87 bits per heavy atom. The fourth-order valence-corrected chi connectivity index (χ4v) is 1.78. The number of fused-ring (bicyclic) bond motifs is 1. The summed E-state index contributed by atoms with van der Waals surface area (Å²) in [5, 5.41) is 7.42. The van der Waals surface area contributed by atoms with Gasteiger partial charge in [-0.2, -0.15) is 0 Å². The minimum atomic E-state index is -3.53. The molecular formula is C8H6FN3O2S. The fourth-order valence-electron chi connectivity index (χ4n) is 1.11. The molecule has 0 atom stereocenters. The van der Waals surface area contributed by atoms with Crippen molar-refractivity contribution in [2.75, 3.05) is 6.26 Å². The molecule has 0 amide bonds. The number of halogens is 1. The van der Waals surface area contributed by atoms with E-state index in [1.54, 1.807) is 0 Å². The van der Waals surface area contributed by atoms with E-state index in [0.29, 0.717) is 0 Å². The highest BCUT2D eigenvalue weighted by molar-refractivity contribution is 7.89. The Kier molecular flexibility index (Phi) is 2.06. The lowest BCUT2D eigenvalue weighted by molar-refractivity contribution is 0.581. The molecule has 0 bridgehead atoms. The van der Waals surface area contributed by atoms with Crippen molar-refractivity contribution in [3.63, 3.8) is 0 Å². The van der Waals surface area contributed by atoms with Crippen molar-refractivity contribution in [1.82, 2.24) is 14.4 Å². The number of nitrogens with zero attached hydrogens (tertiary/aromatic N) is 3. The molecule has 0 fully saturated rings. The van der Waals surface area contributed by atoms with Crippen LogP contribution >= 0.6 is 0 Å². The van der Waals surface area contributed by atoms with Crippen LogP contribution in [0.2, 0.25) is 0 Å². The Hall–Kier alpha value is -1.72. The Morgan fingerprint density at radius 1 is 1.47 bits per heavy atom. The van der Waals surface area contributed by atoms with Gasteiger partial charge in [0.15, 0.2) is 5.35 Å². The summed E-state index contributed by atoms with van der Waals surface area (Å²) in [4.78, 5) is 0. The summed E-state index contributed by atoms with van der Waals surface area (Å²) in [6.07, 6.45) is 4.49. The number of allylic oxidation sites excluding steroid dienone is 3. The molecule has 15 heavy (non-hydrogen) atoms. The monoisotopic (exact) mass is 227 g/mol. The number of hydrogen-bond acceptors (Lipinski definition) is 4. The minimum absolute atomic E-state index is 0.196. The van der Waals surface area contributed by atoms with Crippen LogP contribution in [0, 0.1) is 0 Å². The molecule has 0 aliphatic heterocycles. The van der Waals surface area contributed by atoms with E-state index in [0.717, 1.165) is 22.5 Å². The Bertz CT molecular complexity index is 693. The summed E-state index contributed by atoms with van der Waals surface area (Å²) in [6.45, 7) is 0. The van der Waals surface area contributed by atoms with Crippen LogP contribution in [0.15, 0.2) is 18.0 Å². The van der Waals surface area contributed by atoms with E-state index in [4.69, 9.17) is 0 Å². The van der Waals surface area contributed by atoms with E-state index < -0.39 is 15.9 Å². The predicted octanol–water partition coefficient (Wildman–Crippen LogP) is -1.33. The smallest absolute Gasteiger partial charge is 0.206 e. The molecule has 78 valence electrons. The zero-order valence-corrected chi connectivity index (χ0v) is 8.49. The van der Waals surface area contributed by atoms with Gasteiger partial charge in [-0.15, -0.1) is 9.19 Å². The van der Waals surface area contributed by atoms with Crippen molar-refractivity contribution in [1.29, 1.82) is 0 Å². The number of hydrogen-bond donors (Lipinski definition) is 0. The fraction of sp³-hybridized carbons (Fsp3) is 0.125. The second-order valence-corrected chi connectivity index (χ2v) is 4.75. The lowest BCUT2D eigenvalue weighted by Crippen LogP contribution is -2.32. The van der Waals surface area contributed by atoms with Crippen molar-refractivity contribution in [2.24, 2.45) is 0 Å². The third-order valence-electron chi connectivity index (χ3n) is 1.74. The average Bonchev–Trinajstić information content (AvgIpc) is 2.46. The molecule has 0 spiro atoms. The van der Waals surface area contributed by atoms with Crippen LogP contribution in [0.1, 0.15) is 0 Å². The third kappa shape index (κ3) is 1.74. The van der Waals surface area contributed by atoms with Gasteiger partial charge in [-0.05, 0) is 12.2 Å². The predicted molar refractivity (Wildman–Crippen MR) is 51.1 cm³/mol. The van der Waals surface area contributed by atoms with Gasteiger partial charge in [-0.25, -0.2) is 12.8 Å². The van der Waals surface area contributed by atoms with Crippen LogP contribution in [0.4, 0.5) is 4.39 Å². The van der Waals surface area contributed by atoms with Crippen molar-refractivity contribution in [3.05, 3.63) is 28.7 Å². The minimum Gasteiger partial charge on any atom is -0.206 e. The third-order valence-corrected chi connectivity index (χ3v) is 2.63. The zero-order valence-electron chi connectivity index (χ0n) is 7.68. The largest absolute Gasteiger partial charge is 0.252 e. The summed E-state index contributed by atoms with van der Waals surface area (Å²) in [6, 6.07) is 0. The van der Waals surface area contributed by atoms with Crippen molar-refractivity contribution < 1.29 is 12.8 Å². The molecule has 0 unspecified atom stereocenters. The number of aromatic nitrogens is 3. The van der Waals surface area contributed by atoms with Crippen molar-refractivity contribution in [2.45, 2.75) is 0 Å². The summed E-state index contributed by atoms with van der Waals surface area (Å²) in [7, 11) is -3.53. The number of rotatable bonds is 1. The molecule has 0 saturated heterocycles. The van der Waals surface area contributed by atoms with Gasteiger partial charge in [0, 0.05) is 6.08 Å². The molecule has 1 aliphatic rings. The maximum atomic E-state index is 12.8. The maximum Gasteiger partial charge on any atom is 0.252 e. The molecule has 1 aromatic rings. The van der Waals surface area contributed by atoms with Gasteiger partial charge in [0.25, 0.3) is 10.0 Å². The summed E-state index contributed by atoms with van der Waals surface area (Å²) >= 11 is 0. The molecule has 1 aliphatic carbocycles. The highest BCUT2D eigenvalue weighted by Crippen LogP contribution is 1.97. The topological polar surface area (TPSA) is 64.8 Å². The summed E-state index contributed by atoms with van der Waals surface area (Å²) < 4.78 is 36.0. The van der Waals surface area contributed by atoms with E-state index in [1.165, 1.54) is 6.08 Å². The molecule has 0 N–H and O–H groups in total. The van der Waals surface area contributed by atoms with Crippen molar-refractivity contribution >= 4 is 21.8 Å². The lowest BCUT2D eigenvalue weighted by atomic mass is 10.4. The van der Waals surface area contributed by atoms with Gasteiger partial charge in [-0.1, -0.05) is 10.9 Å². The van der Waals surface area contributed by atoms with Gasteiger partial charge in [0.1, 0.15) is 11.2 Å². The summed E-state index contributed by atoms with van der Waals surface area (Å²) in [5.74, 6) is -0.520. The molecule has 0 saturated carbocycles. The van der Waals surface area contributed by atoms with Gasteiger partial charge < -0.3 is 0 Å². The van der Waals surface area contributed by atoms with E-state index >= 15 is 0 Å². The Balaban J connectivity index is 2.93. The standard InChI is InChI=1S/C8H6FN3O2S/c1-15(13,14)12-8-5-3-6(9)2-4-7(8)10-11-12/h2-3,5H,1H3. The molecule has 1 heterocycles. The SMILES string of the molecule is CS(=O)(=O)n1nnc2c1=CC=C(F)C=C=2. The normalized spacial score (nSPS) is 14.7. The first kappa shape index (κ1) is 9.82. The molecule has 1 aromatic heterocycles. The molecule has 2 rings (SSSR count). The van der Waals surface area contributed by atoms with Gasteiger partial charge >= 0.3 is 0 Å². The van der Waals surface area contributed by atoms with E-state index in [9.17, 15) is 12.8 Å². The highest BCUT2D eigenvalue weighted by atomic mass is 32.2. The Labute approximate surface area is 84.6 Å². The molecule has 5 nitrogen and oxygen atoms in total. The van der Waals surface area contributed by atoms with Gasteiger partial charge in [-0.3, -0.25) is 0 Å². The van der Waals surface area contributed by atoms with Gasteiger partial charge in [0.2, 0.25) is 0 Å². The molecular weight excluding hydrogens is 221 g/mol. The van der Waals surface area contributed by atoms with E-state index in [-0.39, 0.29) is 10.7 Å². The van der Waals surface area contributed by atoms with Crippen molar-refractivity contribution in [3.8, 4) is 0 Å². The first-order valence-corrected chi connectivity index (χ1v) is 5.80. The van der Waals surface area contributed by atoms with E-state index in [2.05, 4.69) is 16.0 Å².